The molecule has 1 aliphatic carbocycles. The molecule has 0 bridgehead atoms. The first kappa shape index (κ1) is 25.9. The molecule has 3 heterocycles. The summed E-state index contributed by atoms with van der Waals surface area (Å²) in [6.07, 6.45) is 3.56. The predicted molar refractivity (Wildman–Crippen MR) is 113 cm³/mol. The third-order valence-corrected chi connectivity index (χ3v) is 7.49. The van der Waals surface area contributed by atoms with Crippen LogP contribution in [0.4, 0.5) is 5.13 Å². The fourth-order valence-electron chi connectivity index (χ4n) is 3.89. The van der Waals surface area contributed by atoms with Crippen molar-refractivity contribution < 1.29 is 59.0 Å². The van der Waals surface area contributed by atoms with Crippen LogP contribution in [0.5, 0.6) is 0 Å². The Morgan fingerprint density at radius 3 is 2.70 bits per heavy atom. The number of carboxylic acid groups (broad SMARTS) is 1. The number of β-lactam (4-membered cyclic amide) rings is 1. The molecule has 33 heavy (non-hydrogen) atoms. The molecule has 1 saturated heterocycles. The van der Waals surface area contributed by atoms with Gasteiger partial charge in [0.15, 0.2) is 5.13 Å². The summed E-state index contributed by atoms with van der Waals surface area (Å²) in [4.78, 5) is 47.9. The molecule has 1 aromatic heterocycles. The number of rotatable bonds is 7. The van der Waals surface area contributed by atoms with E-state index in [1.54, 1.807) is 0 Å². The van der Waals surface area contributed by atoms with Gasteiger partial charge in [0.1, 0.15) is 17.0 Å². The van der Waals surface area contributed by atoms with Crippen LogP contribution in [-0.2, 0) is 19.2 Å². The van der Waals surface area contributed by atoms with Crippen molar-refractivity contribution >= 4 is 51.9 Å². The maximum atomic E-state index is 13.0. The fourth-order valence-corrected chi connectivity index (χ4v) is 5.66. The molecule has 172 valence electrons. The number of fused-ring (bicyclic) bond motifs is 1. The van der Waals surface area contributed by atoms with Gasteiger partial charge in [-0.1, -0.05) is 5.16 Å². The largest absolute Gasteiger partial charge is 1.00 e. The smallest absolute Gasteiger partial charge is 0.543 e. The van der Waals surface area contributed by atoms with Gasteiger partial charge in [0, 0.05) is 17.3 Å². The van der Waals surface area contributed by atoms with Gasteiger partial charge in [0.05, 0.1) is 18.3 Å². The summed E-state index contributed by atoms with van der Waals surface area (Å²) < 4.78 is 4.03. The van der Waals surface area contributed by atoms with Crippen LogP contribution >= 0.6 is 23.3 Å². The van der Waals surface area contributed by atoms with Crippen LogP contribution in [0.1, 0.15) is 38.4 Å². The molecule has 2 fully saturated rings. The van der Waals surface area contributed by atoms with Crippen LogP contribution in [0.15, 0.2) is 16.4 Å². The number of carbonyl (C=O) groups is 3. The number of carbonyl (C=O) groups excluding carboxylic acids is 3. The van der Waals surface area contributed by atoms with Crippen molar-refractivity contribution in [3.05, 3.63) is 17.1 Å². The van der Waals surface area contributed by atoms with E-state index in [1.807, 2.05) is 6.92 Å². The van der Waals surface area contributed by atoms with Crippen LogP contribution in [0, 0.1) is 0 Å². The number of thioether (sulfide) groups is 1. The van der Waals surface area contributed by atoms with Crippen LogP contribution in [-0.4, -0.2) is 72.2 Å². The molecule has 3 aliphatic rings. The van der Waals surface area contributed by atoms with Gasteiger partial charge in [-0.25, -0.2) is 0 Å². The number of oxime groups is 1. The van der Waals surface area contributed by atoms with E-state index in [0.717, 1.165) is 42.1 Å². The number of amides is 2. The van der Waals surface area contributed by atoms with Crippen LogP contribution in [0.2, 0.25) is 0 Å². The molecule has 12 nitrogen and oxygen atoms in total. The number of nitrogen functional groups attached to an aromatic ring is 1. The fraction of sp³-hybridized carbons (Fsp3) is 0.556. The Hall–Kier alpha value is -1.71. The van der Waals surface area contributed by atoms with E-state index >= 15 is 0 Å². The predicted octanol–water partition coefficient (Wildman–Crippen LogP) is -4.43. The van der Waals surface area contributed by atoms with Gasteiger partial charge in [-0.2, -0.15) is 9.36 Å². The molecule has 0 spiro atoms. The van der Waals surface area contributed by atoms with E-state index in [1.165, 1.54) is 11.8 Å². The zero-order valence-electron chi connectivity index (χ0n) is 18.1. The Morgan fingerprint density at radius 1 is 1.42 bits per heavy atom. The van der Waals surface area contributed by atoms with Crippen molar-refractivity contribution in [3.63, 3.8) is 0 Å². The number of aliphatic carboxylic acids is 1. The summed E-state index contributed by atoms with van der Waals surface area (Å²) >= 11 is 2.12. The SMILES string of the molecule is CC1(O/N=C(\C(=O)N[C@@H]2C(=O)N3C(C(=O)[O-])=C(CO)CS[C@H]23)c2nsc(N)n2)CCCC1.[Na+]. The van der Waals surface area contributed by atoms with Gasteiger partial charge in [0.2, 0.25) is 11.5 Å². The average molecular weight is 505 g/mol. The van der Waals surface area contributed by atoms with E-state index in [0.29, 0.717) is 0 Å². The van der Waals surface area contributed by atoms with E-state index in [-0.39, 0.29) is 63.2 Å². The van der Waals surface area contributed by atoms with Crippen LogP contribution in [0.3, 0.4) is 0 Å². The number of nitrogens with one attached hydrogen (secondary N) is 1. The van der Waals surface area contributed by atoms with Crippen molar-refractivity contribution in [1.29, 1.82) is 0 Å². The number of hydrogen-bond acceptors (Lipinski definition) is 12. The van der Waals surface area contributed by atoms with Crippen molar-refractivity contribution in [1.82, 2.24) is 19.6 Å². The number of anilines is 1. The second-order valence-corrected chi connectivity index (χ2v) is 9.79. The molecule has 4 N–H and O–H groups in total. The Bertz CT molecular complexity index is 1020. The van der Waals surface area contributed by atoms with Gasteiger partial charge in [-0.15, -0.1) is 11.8 Å². The number of nitrogens with two attached hydrogens (primary N) is 1. The average Bonchev–Trinajstić information content (AvgIpc) is 3.39. The Morgan fingerprint density at radius 2 is 2.12 bits per heavy atom. The number of carboxylic acids is 1. The molecule has 2 atom stereocenters. The summed E-state index contributed by atoms with van der Waals surface area (Å²) in [6, 6.07) is -0.995. The molecule has 0 aromatic carbocycles. The van der Waals surface area contributed by atoms with Crippen molar-refractivity contribution in [2.75, 3.05) is 18.1 Å². The molecule has 15 heteroatoms. The molecule has 4 rings (SSSR count). The van der Waals surface area contributed by atoms with Crippen LogP contribution < -0.4 is 45.7 Å². The molecule has 2 amide bonds. The minimum Gasteiger partial charge on any atom is -0.543 e. The van der Waals surface area contributed by atoms with Gasteiger partial charge in [-0.05, 0) is 38.2 Å². The number of nitrogens with zero attached hydrogens (tertiary/aromatic N) is 4. The first-order valence-corrected chi connectivity index (χ1v) is 11.7. The number of hydrogen-bond donors (Lipinski definition) is 3. The Kier molecular flexibility index (Phi) is 8.07. The van der Waals surface area contributed by atoms with Crippen molar-refractivity contribution in [3.8, 4) is 0 Å². The van der Waals surface area contributed by atoms with Crippen molar-refractivity contribution in [2.24, 2.45) is 5.16 Å². The number of aromatic nitrogens is 2. The number of aliphatic hydroxyl groups is 1. The second-order valence-electron chi connectivity index (χ2n) is 7.90. The summed E-state index contributed by atoms with van der Waals surface area (Å²) in [5, 5.41) is 27.0. The third kappa shape index (κ3) is 5.05. The normalized spacial score (nSPS) is 24.0. The van der Waals surface area contributed by atoms with Gasteiger partial charge >= 0.3 is 29.6 Å². The van der Waals surface area contributed by atoms with E-state index in [4.69, 9.17) is 10.6 Å². The zero-order chi connectivity index (χ0) is 23.0. The van der Waals surface area contributed by atoms with E-state index in [2.05, 4.69) is 19.8 Å². The van der Waals surface area contributed by atoms with Crippen molar-refractivity contribution in [2.45, 2.75) is 49.6 Å². The summed E-state index contributed by atoms with van der Waals surface area (Å²) in [6.45, 7) is 1.40. The maximum absolute atomic E-state index is 13.0. The molecule has 0 radical (unpaired) electrons. The summed E-state index contributed by atoms with van der Waals surface area (Å²) in [5.74, 6) is -2.76. The van der Waals surface area contributed by atoms with E-state index < -0.39 is 41.4 Å². The quantitative estimate of drug-likeness (QED) is 0.142. The third-order valence-electron chi connectivity index (χ3n) is 5.61. The minimum absolute atomic E-state index is 0. The molecule has 2 aliphatic heterocycles. The summed E-state index contributed by atoms with van der Waals surface area (Å²) in [5.41, 5.74) is 4.75. The topological polar surface area (TPSA) is 183 Å². The standard InChI is InChI=1S/C18H22N6O6S2.Na/c1-18(4-2-3-5-18)30-22-9(12-21-17(19)32-23-12)13(26)20-10-14(27)24-11(16(28)29)8(6-25)7-31-15(10)24;/h10,15,25H,2-7H2,1H3,(H,20,26)(H,28,29)(H2,19,21,23);/q;+1/p-1/b22-9-;/t10-,15-;/m1./s1. The minimum atomic E-state index is -1.56. The second kappa shape index (κ2) is 10.3. The molecule has 1 saturated carbocycles. The summed E-state index contributed by atoms with van der Waals surface area (Å²) in [7, 11) is 0. The maximum Gasteiger partial charge on any atom is 1.00 e. The first-order chi connectivity index (χ1) is 15.2. The Balaban J connectivity index is 0.00000306. The molecule has 0 unspecified atom stereocenters. The molecular weight excluding hydrogens is 483 g/mol. The molecule has 1 aromatic rings. The monoisotopic (exact) mass is 504 g/mol. The van der Waals surface area contributed by atoms with Gasteiger partial charge in [-0.3, -0.25) is 14.5 Å². The van der Waals surface area contributed by atoms with E-state index in [9.17, 15) is 24.6 Å². The Labute approximate surface area is 219 Å². The van der Waals surface area contributed by atoms with Gasteiger partial charge < -0.3 is 30.9 Å². The molecular formula is C18H21N6NaO6S2. The zero-order valence-corrected chi connectivity index (χ0v) is 21.7. The number of aliphatic hydroxyl groups excluding tert-OH is 1. The first-order valence-electron chi connectivity index (χ1n) is 9.89. The van der Waals surface area contributed by atoms with Crippen LogP contribution in [0.25, 0.3) is 0 Å². The van der Waals surface area contributed by atoms with Gasteiger partial charge in [0.25, 0.3) is 11.8 Å².